The van der Waals surface area contributed by atoms with Crippen LogP contribution in [-0.4, -0.2) is 19.9 Å². The fourth-order valence-electron chi connectivity index (χ4n) is 1.05. The van der Waals surface area contributed by atoms with E-state index in [1.54, 1.807) is 4.68 Å². The van der Waals surface area contributed by atoms with Crippen molar-refractivity contribution in [2.45, 2.75) is 6.61 Å². The topological polar surface area (TPSA) is 50.9 Å². The van der Waals surface area contributed by atoms with Crippen molar-refractivity contribution < 1.29 is 5.11 Å². The van der Waals surface area contributed by atoms with Crippen molar-refractivity contribution in [3.63, 3.8) is 0 Å². The lowest BCUT2D eigenvalue weighted by atomic mass is 10.3. The van der Waals surface area contributed by atoms with Crippen LogP contribution in [0.1, 0.15) is 5.01 Å². The number of aromatic nitrogens is 3. The van der Waals surface area contributed by atoms with Gasteiger partial charge in [-0.2, -0.15) is 5.10 Å². The first-order valence-electron chi connectivity index (χ1n) is 3.85. The number of aliphatic hydroxyl groups is 1. The van der Waals surface area contributed by atoms with Crippen LogP contribution in [-0.2, 0) is 13.7 Å². The van der Waals surface area contributed by atoms with Crippen molar-refractivity contribution in [1.29, 1.82) is 0 Å². The van der Waals surface area contributed by atoms with Gasteiger partial charge in [0.05, 0.1) is 6.61 Å². The number of hydrogen-bond donors (Lipinski definition) is 1. The quantitative estimate of drug-likeness (QED) is 0.778. The lowest BCUT2D eigenvalue weighted by Gasteiger charge is -1.87. The zero-order valence-electron chi connectivity index (χ0n) is 7.14. The number of thiazole rings is 1. The highest BCUT2D eigenvalue weighted by Crippen LogP contribution is 2.19. The Kier molecular flexibility index (Phi) is 2.12. The summed E-state index contributed by atoms with van der Waals surface area (Å²) in [6, 6.07) is 1.90. The van der Waals surface area contributed by atoms with E-state index >= 15 is 0 Å². The molecule has 0 aromatic carbocycles. The summed E-state index contributed by atoms with van der Waals surface area (Å²) in [5.74, 6) is 0. The van der Waals surface area contributed by atoms with Crippen LogP contribution in [0.5, 0.6) is 0 Å². The van der Waals surface area contributed by atoms with E-state index in [4.69, 9.17) is 5.11 Å². The largest absolute Gasteiger partial charge is 0.389 e. The summed E-state index contributed by atoms with van der Waals surface area (Å²) in [4.78, 5) is 4.20. The molecule has 4 nitrogen and oxygen atoms in total. The first-order chi connectivity index (χ1) is 6.29. The fraction of sp³-hybridized carbons (Fsp3) is 0.250. The van der Waals surface area contributed by atoms with Gasteiger partial charge in [0.1, 0.15) is 16.4 Å². The van der Waals surface area contributed by atoms with E-state index < -0.39 is 0 Å². The van der Waals surface area contributed by atoms with Crippen molar-refractivity contribution in [1.82, 2.24) is 14.8 Å². The normalized spacial score (nSPS) is 10.6. The highest BCUT2D eigenvalue weighted by molar-refractivity contribution is 7.09. The van der Waals surface area contributed by atoms with Gasteiger partial charge in [0.25, 0.3) is 0 Å². The van der Waals surface area contributed by atoms with E-state index in [0.717, 1.165) is 16.4 Å². The molecule has 2 aromatic heterocycles. The standard InChI is InChI=1S/C8H9N3OS/c1-11-3-2-6(10-11)7-5-13-8(4-12)9-7/h2-3,5,12H,4H2,1H3. The number of nitrogens with zero attached hydrogens (tertiary/aromatic N) is 3. The van der Waals surface area contributed by atoms with E-state index in [9.17, 15) is 0 Å². The molecule has 0 spiro atoms. The Morgan fingerprint density at radius 3 is 2.92 bits per heavy atom. The molecule has 0 radical (unpaired) electrons. The molecule has 0 bridgehead atoms. The fourth-order valence-corrected chi connectivity index (χ4v) is 1.70. The molecule has 2 rings (SSSR count). The maximum absolute atomic E-state index is 8.83. The maximum atomic E-state index is 8.83. The van der Waals surface area contributed by atoms with Crippen LogP contribution in [0.3, 0.4) is 0 Å². The molecule has 2 aromatic rings. The van der Waals surface area contributed by atoms with Gasteiger partial charge in [0.15, 0.2) is 0 Å². The number of aliphatic hydroxyl groups excluding tert-OH is 1. The molecule has 0 aliphatic rings. The molecule has 0 atom stereocenters. The molecule has 0 saturated carbocycles. The van der Waals surface area contributed by atoms with Gasteiger partial charge in [-0.1, -0.05) is 0 Å². The summed E-state index contributed by atoms with van der Waals surface area (Å²) in [7, 11) is 1.86. The second-order valence-corrected chi connectivity index (χ2v) is 3.60. The summed E-state index contributed by atoms with van der Waals surface area (Å²) >= 11 is 1.44. The highest BCUT2D eigenvalue weighted by Gasteiger charge is 2.05. The summed E-state index contributed by atoms with van der Waals surface area (Å²) in [5.41, 5.74) is 1.67. The highest BCUT2D eigenvalue weighted by atomic mass is 32.1. The summed E-state index contributed by atoms with van der Waals surface area (Å²) < 4.78 is 1.73. The lowest BCUT2D eigenvalue weighted by Crippen LogP contribution is -1.88. The summed E-state index contributed by atoms with van der Waals surface area (Å²) in [5, 5.41) is 15.7. The molecule has 0 amide bonds. The van der Waals surface area contributed by atoms with Crippen LogP contribution < -0.4 is 0 Å². The molecule has 13 heavy (non-hydrogen) atoms. The number of aryl methyl sites for hydroxylation is 1. The molecule has 0 aliphatic heterocycles. The van der Waals surface area contributed by atoms with E-state index in [0.29, 0.717) is 0 Å². The van der Waals surface area contributed by atoms with Gasteiger partial charge < -0.3 is 5.11 Å². The molecule has 0 fully saturated rings. The second kappa shape index (κ2) is 3.27. The van der Waals surface area contributed by atoms with Crippen LogP contribution in [0.15, 0.2) is 17.6 Å². The minimum atomic E-state index is -0.00248. The van der Waals surface area contributed by atoms with Gasteiger partial charge in [0.2, 0.25) is 0 Å². The van der Waals surface area contributed by atoms with Crippen molar-refractivity contribution in [3.8, 4) is 11.4 Å². The van der Waals surface area contributed by atoms with Crippen LogP contribution in [0.2, 0.25) is 0 Å². The van der Waals surface area contributed by atoms with Gasteiger partial charge in [-0.25, -0.2) is 4.98 Å². The van der Waals surface area contributed by atoms with Gasteiger partial charge in [-0.3, -0.25) is 4.68 Å². The van der Waals surface area contributed by atoms with Crippen LogP contribution >= 0.6 is 11.3 Å². The Morgan fingerprint density at radius 2 is 2.38 bits per heavy atom. The van der Waals surface area contributed by atoms with Gasteiger partial charge in [-0.05, 0) is 6.07 Å². The summed E-state index contributed by atoms with van der Waals surface area (Å²) in [6.45, 7) is -0.00248. The van der Waals surface area contributed by atoms with E-state index in [1.807, 2.05) is 24.7 Å². The van der Waals surface area contributed by atoms with E-state index in [2.05, 4.69) is 10.1 Å². The average Bonchev–Trinajstić information content (AvgIpc) is 2.71. The Bertz CT molecular complexity index is 407. The van der Waals surface area contributed by atoms with Crippen LogP contribution in [0.25, 0.3) is 11.4 Å². The summed E-state index contributed by atoms with van der Waals surface area (Å²) in [6.07, 6.45) is 1.87. The van der Waals surface area contributed by atoms with Crippen LogP contribution in [0.4, 0.5) is 0 Å². The predicted molar refractivity (Wildman–Crippen MR) is 50.2 cm³/mol. The van der Waals surface area contributed by atoms with Crippen molar-refractivity contribution in [3.05, 3.63) is 22.7 Å². The first kappa shape index (κ1) is 8.40. The third-order valence-electron chi connectivity index (χ3n) is 1.66. The molecule has 1 N–H and O–H groups in total. The molecule has 0 saturated heterocycles. The third-order valence-corrected chi connectivity index (χ3v) is 2.50. The predicted octanol–water partition coefficient (Wildman–Crippen LogP) is 1.04. The van der Waals surface area contributed by atoms with Crippen molar-refractivity contribution in [2.24, 2.45) is 7.05 Å². The smallest absolute Gasteiger partial charge is 0.119 e. The second-order valence-electron chi connectivity index (χ2n) is 2.66. The van der Waals surface area contributed by atoms with E-state index in [1.165, 1.54) is 11.3 Å². The Balaban J connectivity index is 2.35. The maximum Gasteiger partial charge on any atom is 0.119 e. The Hall–Kier alpha value is -1.20. The first-order valence-corrected chi connectivity index (χ1v) is 4.73. The molecule has 5 heteroatoms. The van der Waals surface area contributed by atoms with Crippen molar-refractivity contribution >= 4 is 11.3 Å². The average molecular weight is 195 g/mol. The zero-order chi connectivity index (χ0) is 9.26. The molecular formula is C8H9N3OS. The zero-order valence-corrected chi connectivity index (χ0v) is 7.95. The Morgan fingerprint density at radius 1 is 1.54 bits per heavy atom. The Labute approximate surface area is 79.5 Å². The molecular weight excluding hydrogens is 186 g/mol. The van der Waals surface area contributed by atoms with Gasteiger partial charge in [0, 0.05) is 18.6 Å². The number of hydrogen-bond acceptors (Lipinski definition) is 4. The SMILES string of the molecule is Cn1ccc(-c2csc(CO)n2)n1. The third kappa shape index (κ3) is 1.61. The van der Waals surface area contributed by atoms with Gasteiger partial charge >= 0.3 is 0 Å². The minimum Gasteiger partial charge on any atom is -0.389 e. The molecule has 0 aliphatic carbocycles. The monoisotopic (exact) mass is 195 g/mol. The molecule has 2 heterocycles. The lowest BCUT2D eigenvalue weighted by molar-refractivity contribution is 0.281. The molecule has 68 valence electrons. The minimum absolute atomic E-state index is 0.00248. The van der Waals surface area contributed by atoms with E-state index in [-0.39, 0.29) is 6.61 Å². The number of rotatable bonds is 2. The van der Waals surface area contributed by atoms with Crippen LogP contribution in [0, 0.1) is 0 Å². The van der Waals surface area contributed by atoms with Gasteiger partial charge in [-0.15, -0.1) is 11.3 Å². The molecule has 0 unspecified atom stereocenters. The van der Waals surface area contributed by atoms with Crippen molar-refractivity contribution in [2.75, 3.05) is 0 Å².